The first-order chi connectivity index (χ1) is 18.0. The predicted octanol–water partition coefficient (Wildman–Crippen LogP) is 5.09. The zero-order chi connectivity index (χ0) is 25.5. The second kappa shape index (κ2) is 9.41. The maximum atomic E-state index is 13.8. The van der Waals surface area contributed by atoms with E-state index in [2.05, 4.69) is 64.4 Å². The molecular formula is C30H31N5O2. The average molecular weight is 494 g/mol. The zero-order valence-electron chi connectivity index (χ0n) is 21.4. The van der Waals surface area contributed by atoms with Crippen LogP contribution in [0.25, 0.3) is 32.9 Å². The highest BCUT2D eigenvalue weighted by atomic mass is 16.5. The summed E-state index contributed by atoms with van der Waals surface area (Å²) in [6.45, 7) is 4.26. The number of piperazine rings is 1. The van der Waals surface area contributed by atoms with Crippen LogP contribution in [0.1, 0.15) is 23.1 Å². The number of hydrogen-bond donors (Lipinski definition) is 2. The van der Waals surface area contributed by atoms with E-state index in [4.69, 9.17) is 9.72 Å². The summed E-state index contributed by atoms with van der Waals surface area (Å²) in [5.74, 6) is 1.71. The summed E-state index contributed by atoms with van der Waals surface area (Å²) in [6, 6.07) is 20.6. The Morgan fingerprint density at radius 2 is 1.89 bits per heavy atom. The van der Waals surface area contributed by atoms with Crippen molar-refractivity contribution in [2.75, 3.05) is 33.8 Å². The van der Waals surface area contributed by atoms with Crippen molar-refractivity contribution < 1.29 is 9.53 Å². The molecule has 6 rings (SSSR count). The molecule has 2 aromatic heterocycles. The van der Waals surface area contributed by atoms with Gasteiger partial charge in [-0.2, -0.15) is 0 Å². The van der Waals surface area contributed by atoms with Crippen LogP contribution in [0.4, 0.5) is 0 Å². The van der Waals surface area contributed by atoms with E-state index >= 15 is 0 Å². The van der Waals surface area contributed by atoms with Gasteiger partial charge in [-0.3, -0.25) is 4.79 Å². The van der Waals surface area contributed by atoms with Gasteiger partial charge in [-0.1, -0.05) is 36.4 Å². The number of carbonyl (C=O) groups excluding carboxylic acids is 1. The van der Waals surface area contributed by atoms with E-state index in [-0.39, 0.29) is 11.9 Å². The number of hydrogen-bond acceptors (Lipinski definition) is 4. The summed E-state index contributed by atoms with van der Waals surface area (Å²) in [6.07, 6.45) is 2.21. The van der Waals surface area contributed by atoms with Crippen LogP contribution in [-0.4, -0.2) is 64.5 Å². The number of aromatic nitrogens is 3. The van der Waals surface area contributed by atoms with Gasteiger partial charge in [-0.15, -0.1) is 0 Å². The molecule has 1 fully saturated rings. The number of likely N-dealkylation sites (N-methyl/N-ethyl adjacent to an activating group) is 1. The highest BCUT2D eigenvalue weighted by Gasteiger charge is 2.33. The summed E-state index contributed by atoms with van der Waals surface area (Å²) in [7, 11) is 3.76. The van der Waals surface area contributed by atoms with Crippen molar-refractivity contribution in [2.24, 2.45) is 0 Å². The number of fused-ring (bicyclic) bond motifs is 2. The predicted molar refractivity (Wildman–Crippen MR) is 147 cm³/mol. The number of rotatable bonds is 5. The fourth-order valence-corrected chi connectivity index (χ4v) is 5.43. The Morgan fingerprint density at radius 3 is 2.73 bits per heavy atom. The fourth-order valence-electron chi connectivity index (χ4n) is 5.43. The van der Waals surface area contributed by atoms with E-state index < -0.39 is 0 Å². The number of aromatic amines is 2. The maximum Gasteiger partial charge on any atom is 0.227 e. The van der Waals surface area contributed by atoms with Crippen LogP contribution in [-0.2, 0) is 11.2 Å². The van der Waals surface area contributed by atoms with E-state index in [0.29, 0.717) is 13.0 Å². The molecule has 7 nitrogen and oxygen atoms in total. The molecule has 1 saturated heterocycles. The van der Waals surface area contributed by atoms with Gasteiger partial charge < -0.3 is 24.5 Å². The molecule has 3 aromatic carbocycles. The summed E-state index contributed by atoms with van der Waals surface area (Å²) >= 11 is 0. The van der Waals surface area contributed by atoms with Crippen molar-refractivity contribution in [3.8, 4) is 17.0 Å². The number of nitrogens with one attached hydrogen (secondary N) is 2. The third-order valence-corrected chi connectivity index (χ3v) is 7.53. The third kappa shape index (κ3) is 4.36. The lowest BCUT2D eigenvalue weighted by Crippen LogP contribution is -2.50. The number of aryl methyl sites for hydroxylation is 1. The van der Waals surface area contributed by atoms with Crippen molar-refractivity contribution in [1.82, 2.24) is 24.8 Å². The number of ether oxygens (including phenoxy) is 1. The smallest absolute Gasteiger partial charge is 0.227 e. The lowest BCUT2D eigenvalue weighted by Gasteiger charge is -2.39. The molecule has 5 aromatic rings. The number of imidazole rings is 1. The largest absolute Gasteiger partial charge is 0.497 e. The van der Waals surface area contributed by atoms with Gasteiger partial charge in [0.15, 0.2) is 0 Å². The minimum atomic E-state index is -0.138. The van der Waals surface area contributed by atoms with Crippen LogP contribution in [0.3, 0.4) is 0 Å². The Hall–Kier alpha value is -4.10. The van der Waals surface area contributed by atoms with Crippen molar-refractivity contribution in [3.63, 3.8) is 0 Å². The molecule has 188 valence electrons. The molecule has 37 heavy (non-hydrogen) atoms. The first kappa shape index (κ1) is 23.3. The molecule has 3 heterocycles. The summed E-state index contributed by atoms with van der Waals surface area (Å²) in [5, 5.41) is 3.44. The van der Waals surface area contributed by atoms with Crippen molar-refractivity contribution in [2.45, 2.75) is 19.4 Å². The summed E-state index contributed by atoms with van der Waals surface area (Å²) < 4.78 is 5.43. The highest BCUT2D eigenvalue weighted by molar-refractivity contribution is 5.91. The van der Waals surface area contributed by atoms with E-state index in [1.807, 2.05) is 36.2 Å². The molecule has 0 saturated carbocycles. The Bertz CT molecular complexity index is 1600. The molecule has 1 aliphatic rings. The van der Waals surface area contributed by atoms with Crippen molar-refractivity contribution >= 4 is 27.6 Å². The van der Waals surface area contributed by atoms with E-state index in [0.717, 1.165) is 58.1 Å². The Balaban J connectivity index is 1.29. The standard InChI is InChI=1S/C30H31N5O2/c1-19-24(25-15-23(37-3)10-11-26(25)32-19)16-29(36)35-13-12-34(2)18-28(35)30-31-17-27(33-30)22-9-8-20-6-4-5-7-21(20)14-22/h4-11,14-15,17,28,32H,12-13,16,18H2,1-3H3,(H,31,33). The Morgan fingerprint density at radius 1 is 1.05 bits per heavy atom. The van der Waals surface area contributed by atoms with Gasteiger partial charge >= 0.3 is 0 Å². The van der Waals surface area contributed by atoms with Crippen LogP contribution >= 0.6 is 0 Å². The van der Waals surface area contributed by atoms with Gasteiger partial charge in [0.2, 0.25) is 5.91 Å². The number of methoxy groups -OCH3 is 1. The molecule has 0 aliphatic carbocycles. The second-order valence-electron chi connectivity index (χ2n) is 9.93. The first-order valence-electron chi connectivity index (χ1n) is 12.7. The molecule has 0 spiro atoms. The SMILES string of the molecule is COc1ccc2[nH]c(C)c(CC(=O)N3CCN(C)CC3c3ncc(-c4ccc5ccccc5c4)[nH]3)c2c1. The molecule has 1 atom stereocenters. The second-order valence-corrected chi connectivity index (χ2v) is 9.93. The quantitative estimate of drug-likeness (QED) is 0.358. The molecule has 1 aliphatic heterocycles. The van der Waals surface area contributed by atoms with Gasteiger partial charge in [0.25, 0.3) is 0 Å². The molecule has 7 heteroatoms. The third-order valence-electron chi connectivity index (χ3n) is 7.53. The minimum Gasteiger partial charge on any atom is -0.497 e. The fraction of sp³-hybridized carbons (Fsp3) is 0.267. The highest BCUT2D eigenvalue weighted by Crippen LogP contribution is 2.30. The van der Waals surface area contributed by atoms with Crippen LogP contribution in [0, 0.1) is 6.92 Å². The van der Waals surface area contributed by atoms with Crippen molar-refractivity contribution in [3.05, 3.63) is 83.9 Å². The molecule has 2 N–H and O–H groups in total. The molecule has 0 bridgehead atoms. The summed E-state index contributed by atoms with van der Waals surface area (Å²) in [4.78, 5) is 29.7. The number of carbonyl (C=O) groups is 1. The average Bonchev–Trinajstić information content (AvgIpc) is 3.53. The number of nitrogens with zero attached hydrogens (tertiary/aromatic N) is 3. The van der Waals surface area contributed by atoms with Crippen molar-refractivity contribution in [1.29, 1.82) is 0 Å². The minimum absolute atomic E-state index is 0.105. The van der Waals surface area contributed by atoms with Gasteiger partial charge in [0, 0.05) is 41.8 Å². The number of amides is 1. The molecule has 0 radical (unpaired) electrons. The maximum absolute atomic E-state index is 13.8. The molecule has 1 unspecified atom stereocenters. The zero-order valence-corrected chi connectivity index (χ0v) is 21.4. The monoisotopic (exact) mass is 493 g/mol. The van der Waals surface area contributed by atoms with Crippen LogP contribution in [0.2, 0.25) is 0 Å². The van der Waals surface area contributed by atoms with Gasteiger partial charge in [0.05, 0.1) is 25.4 Å². The van der Waals surface area contributed by atoms with Gasteiger partial charge in [0.1, 0.15) is 17.6 Å². The molecular weight excluding hydrogens is 462 g/mol. The lowest BCUT2D eigenvalue weighted by molar-refractivity contribution is -0.135. The Labute approximate surface area is 216 Å². The van der Waals surface area contributed by atoms with E-state index in [1.54, 1.807) is 7.11 Å². The molecule has 1 amide bonds. The lowest BCUT2D eigenvalue weighted by atomic mass is 10.0. The van der Waals surface area contributed by atoms with E-state index in [9.17, 15) is 4.79 Å². The summed E-state index contributed by atoms with van der Waals surface area (Å²) in [5.41, 5.74) is 5.10. The number of H-pyrrole nitrogens is 2. The topological polar surface area (TPSA) is 77.2 Å². The normalized spacial score (nSPS) is 16.5. The van der Waals surface area contributed by atoms with Crippen LogP contribution < -0.4 is 4.74 Å². The Kier molecular flexibility index (Phi) is 5.93. The van der Waals surface area contributed by atoms with E-state index in [1.165, 1.54) is 10.8 Å². The van der Waals surface area contributed by atoms with Gasteiger partial charge in [-0.25, -0.2) is 4.98 Å². The van der Waals surface area contributed by atoms with Gasteiger partial charge in [-0.05, 0) is 54.6 Å². The van der Waals surface area contributed by atoms with Crippen LogP contribution in [0.15, 0.2) is 66.9 Å². The van der Waals surface area contributed by atoms with Crippen LogP contribution in [0.5, 0.6) is 5.75 Å². The first-order valence-corrected chi connectivity index (χ1v) is 12.7. The number of benzene rings is 3.